The van der Waals surface area contributed by atoms with Crippen LogP contribution in [0.25, 0.3) is 0 Å². The van der Waals surface area contributed by atoms with E-state index >= 15 is 0 Å². The quantitative estimate of drug-likeness (QED) is 0.782. The van der Waals surface area contributed by atoms with Crippen LogP contribution in [0.4, 0.5) is 5.82 Å². The lowest BCUT2D eigenvalue weighted by Gasteiger charge is -2.16. The van der Waals surface area contributed by atoms with Crippen LogP contribution < -0.4 is 5.32 Å². The molecule has 0 bridgehead atoms. The van der Waals surface area contributed by atoms with Crippen molar-refractivity contribution in [3.63, 3.8) is 0 Å². The average Bonchev–Trinajstić information content (AvgIpc) is 2.35. The van der Waals surface area contributed by atoms with Crippen LogP contribution >= 0.6 is 0 Å². The van der Waals surface area contributed by atoms with Crippen molar-refractivity contribution in [1.82, 2.24) is 9.88 Å². The lowest BCUT2D eigenvalue weighted by Crippen LogP contribution is -2.24. The second kappa shape index (κ2) is 7.45. The molecule has 0 saturated carbocycles. The van der Waals surface area contributed by atoms with Crippen molar-refractivity contribution in [2.75, 3.05) is 37.5 Å². The summed E-state index contributed by atoms with van der Waals surface area (Å²) in [6.45, 7) is 4.27. The normalized spacial score (nSPS) is 11.8. The SMILES string of the molecule is CCCNc1ccc(CN(C)CCS(C)(=O)=O)cn1. The molecule has 0 saturated heterocycles. The Morgan fingerprint density at radius 1 is 1.37 bits per heavy atom. The van der Waals surface area contributed by atoms with Gasteiger partial charge < -0.3 is 10.2 Å². The maximum Gasteiger partial charge on any atom is 0.148 e. The Hall–Kier alpha value is -1.14. The molecule has 5 nitrogen and oxygen atoms in total. The van der Waals surface area contributed by atoms with Gasteiger partial charge in [0.15, 0.2) is 0 Å². The van der Waals surface area contributed by atoms with E-state index in [0.29, 0.717) is 13.1 Å². The predicted octanol–water partition coefficient (Wildman–Crippen LogP) is 1.38. The number of aromatic nitrogens is 1. The van der Waals surface area contributed by atoms with Gasteiger partial charge in [0, 0.05) is 32.1 Å². The van der Waals surface area contributed by atoms with Gasteiger partial charge in [-0.2, -0.15) is 0 Å². The Labute approximate surface area is 116 Å². The Balaban J connectivity index is 2.44. The average molecular weight is 285 g/mol. The van der Waals surface area contributed by atoms with E-state index in [1.807, 2.05) is 30.3 Å². The van der Waals surface area contributed by atoms with E-state index in [-0.39, 0.29) is 5.75 Å². The van der Waals surface area contributed by atoms with Gasteiger partial charge in [-0.05, 0) is 25.1 Å². The zero-order valence-corrected chi connectivity index (χ0v) is 12.7. The number of nitrogens with one attached hydrogen (secondary N) is 1. The van der Waals surface area contributed by atoms with E-state index in [2.05, 4.69) is 17.2 Å². The minimum atomic E-state index is -2.90. The highest BCUT2D eigenvalue weighted by Crippen LogP contribution is 2.07. The van der Waals surface area contributed by atoms with E-state index in [0.717, 1.165) is 24.3 Å². The van der Waals surface area contributed by atoms with Gasteiger partial charge in [0.1, 0.15) is 15.7 Å². The van der Waals surface area contributed by atoms with Crippen molar-refractivity contribution in [1.29, 1.82) is 0 Å². The molecule has 0 aliphatic rings. The highest BCUT2D eigenvalue weighted by Gasteiger charge is 2.06. The molecule has 1 aromatic heterocycles. The number of rotatable bonds is 8. The smallest absolute Gasteiger partial charge is 0.148 e. The van der Waals surface area contributed by atoms with Crippen LogP contribution in [0, 0.1) is 0 Å². The van der Waals surface area contributed by atoms with Gasteiger partial charge in [-0.25, -0.2) is 13.4 Å². The van der Waals surface area contributed by atoms with Crippen molar-refractivity contribution in [2.24, 2.45) is 0 Å². The maximum absolute atomic E-state index is 11.1. The minimum Gasteiger partial charge on any atom is -0.370 e. The first-order chi connectivity index (χ1) is 8.90. The molecule has 1 N–H and O–H groups in total. The van der Waals surface area contributed by atoms with Crippen molar-refractivity contribution in [3.05, 3.63) is 23.9 Å². The fourth-order valence-electron chi connectivity index (χ4n) is 1.59. The van der Waals surface area contributed by atoms with Crippen LogP contribution in [0.15, 0.2) is 18.3 Å². The summed E-state index contributed by atoms with van der Waals surface area (Å²) in [6, 6.07) is 3.97. The number of sulfone groups is 1. The largest absolute Gasteiger partial charge is 0.370 e. The van der Waals surface area contributed by atoms with Gasteiger partial charge >= 0.3 is 0 Å². The van der Waals surface area contributed by atoms with Crippen LogP contribution in [0.3, 0.4) is 0 Å². The zero-order valence-electron chi connectivity index (χ0n) is 11.9. The minimum absolute atomic E-state index is 0.188. The van der Waals surface area contributed by atoms with Gasteiger partial charge in [-0.3, -0.25) is 0 Å². The molecule has 0 spiro atoms. The van der Waals surface area contributed by atoms with Gasteiger partial charge in [0.2, 0.25) is 0 Å². The van der Waals surface area contributed by atoms with Crippen molar-refractivity contribution >= 4 is 15.7 Å². The van der Waals surface area contributed by atoms with Crippen molar-refractivity contribution in [3.8, 4) is 0 Å². The lowest BCUT2D eigenvalue weighted by molar-refractivity contribution is 0.346. The molecule has 6 heteroatoms. The number of anilines is 1. The summed E-state index contributed by atoms with van der Waals surface area (Å²) in [5, 5.41) is 3.22. The van der Waals surface area contributed by atoms with Crippen molar-refractivity contribution < 1.29 is 8.42 Å². The highest BCUT2D eigenvalue weighted by atomic mass is 32.2. The second-order valence-corrected chi connectivity index (χ2v) is 7.11. The first kappa shape index (κ1) is 15.9. The van der Waals surface area contributed by atoms with E-state index in [1.165, 1.54) is 6.26 Å². The van der Waals surface area contributed by atoms with E-state index in [9.17, 15) is 8.42 Å². The Kier molecular flexibility index (Phi) is 6.24. The van der Waals surface area contributed by atoms with Crippen molar-refractivity contribution in [2.45, 2.75) is 19.9 Å². The molecular formula is C13H23N3O2S. The summed E-state index contributed by atoms with van der Waals surface area (Å²) in [5.74, 6) is 1.07. The Bertz CT molecular complexity index is 471. The standard InChI is InChI=1S/C13H23N3O2S/c1-4-7-14-13-6-5-12(10-15-13)11-16(2)8-9-19(3,17)18/h5-6,10H,4,7-9,11H2,1-3H3,(H,14,15). The molecule has 0 aliphatic carbocycles. The fraction of sp³-hybridized carbons (Fsp3) is 0.615. The number of hydrogen-bond donors (Lipinski definition) is 1. The van der Waals surface area contributed by atoms with E-state index in [1.54, 1.807) is 0 Å². The molecule has 0 amide bonds. The summed E-state index contributed by atoms with van der Waals surface area (Å²) in [7, 11) is -0.985. The maximum atomic E-state index is 11.1. The number of hydrogen-bond acceptors (Lipinski definition) is 5. The third-order valence-electron chi connectivity index (χ3n) is 2.68. The summed E-state index contributed by atoms with van der Waals surface area (Å²) in [5.41, 5.74) is 1.08. The first-order valence-corrected chi connectivity index (χ1v) is 8.52. The molecule has 0 unspecified atom stereocenters. The van der Waals surface area contributed by atoms with Crippen LogP contribution in [0.2, 0.25) is 0 Å². The molecule has 0 atom stereocenters. The highest BCUT2D eigenvalue weighted by molar-refractivity contribution is 7.90. The molecule has 0 aromatic carbocycles. The second-order valence-electron chi connectivity index (χ2n) is 4.85. The van der Waals surface area contributed by atoms with Gasteiger partial charge in [0.25, 0.3) is 0 Å². The summed E-state index contributed by atoms with van der Waals surface area (Å²) in [4.78, 5) is 6.31. The molecular weight excluding hydrogens is 262 g/mol. The third kappa shape index (κ3) is 7.12. The zero-order chi connectivity index (χ0) is 14.3. The van der Waals surface area contributed by atoms with Crippen LogP contribution in [0.1, 0.15) is 18.9 Å². The molecule has 0 radical (unpaired) electrons. The number of nitrogens with zero attached hydrogens (tertiary/aromatic N) is 2. The predicted molar refractivity (Wildman–Crippen MR) is 79.1 cm³/mol. The van der Waals surface area contributed by atoms with Gasteiger partial charge in [-0.1, -0.05) is 13.0 Å². The fourth-order valence-corrected chi connectivity index (χ4v) is 2.23. The summed E-state index contributed by atoms with van der Waals surface area (Å²) in [6.07, 6.45) is 4.16. The van der Waals surface area contributed by atoms with Crippen LogP contribution in [0.5, 0.6) is 0 Å². The number of pyridine rings is 1. The monoisotopic (exact) mass is 285 g/mol. The molecule has 108 valence electrons. The molecule has 0 aliphatic heterocycles. The molecule has 0 fully saturated rings. The van der Waals surface area contributed by atoms with E-state index in [4.69, 9.17) is 0 Å². The van der Waals surface area contributed by atoms with E-state index < -0.39 is 9.84 Å². The van der Waals surface area contributed by atoms with Gasteiger partial charge in [0.05, 0.1) is 5.75 Å². The lowest BCUT2D eigenvalue weighted by atomic mass is 10.2. The molecule has 19 heavy (non-hydrogen) atoms. The van der Waals surface area contributed by atoms with Crippen LogP contribution in [-0.4, -0.2) is 50.4 Å². The Morgan fingerprint density at radius 2 is 2.11 bits per heavy atom. The van der Waals surface area contributed by atoms with Crippen LogP contribution in [-0.2, 0) is 16.4 Å². The topological polar surface area (TPSA) is 62.3 Å². The van der Waals surface area contributed by atoms with Gasteiger partial charge in [-0.15, -0.1) is 0 Å². The molecule has 1 aromatic rings. The third-order valence-corrected chi connectivity index (χ3v) is 3.60. The summed E-state index contributed by atoms with van der Waals surface area (Å²) < 4.78 is 22.2. The Morgan fingerprint density at radius 3 is 2.63 bits per heavy atom. The molecule has 1 heterocycles. The summed E-state index contributed by atoms with van der Waals surface area (Å²) >= 11 is 0. The molecule has 1 rings (SSSR count). The first-order valence-electron chi connectivity index (χ1n) is 6.46.